The Labute approximate surface area is 257 Å². The van der Waals surface area contributed by atoms with Crippen molar-refractivity contribution in [2.75, 3.05) is 17.6 Å². The molecule has 0 heterocycles. The van der Waals surface area contributed by atoms with E-state index in [9.17, 15) is 14.4 Å². The molecule has 4 rings (SSSR count). The number of fused-ring (bicyclic) bond motifs is 1. The van der Waals surface area contributed by atoms with Crippen LogP contribution in [0.5, 0.6) is 11.5 Å². The van der Waals surface area contributed by atoms with Crippen LogP contribution < -0.4 is 26.2 Å². The Hall–Kier alpha value is -4.18. The molecule has 0 spiro atoms. The summed E-state index contributed by atoms with van der Waals surface area (Å²) in [6, 6.07) is 22.1. The minimum absolute atomic E-state index is 0.171. The number of aryl methyl sites for hydroxylation is 2. The number of hydrazine groups is 1. The van der Waals surface area contributed by atoms with Crippen LogP contribution in [0.1, 0.15) is 50.3 Å². The van der Waals surface area contributed by atoms with Gasteiger partial charge in [-0.1, -0.05) is 48.2 Å². The Morgan fingerprint density at radius 3 is 2.28 bits per heavy atom. The van der Waals surface area contributed by atoms with Gasteiger partial charge in [-0.05, 0) is 99.5 Å². The predicted octanol–water partition coefficient (Wildman–Crippen LogP) is 6.38. The molecule has 228 valence electrons. The number of carbonyl (C=O) groups is 3. The maximum Gasteiger partial charge on any atom is 0.408 e. The number of para-hydroxylation sites is 1. The number of anilines is 1. The van der Waals surface area contributed by atoms with E-state index in [-0.39, 0.29) is 6.42 Å². The van der Waals surface area contributed by atoms with Gasteiger partial charge in [-0.15, -0.1) is 0 Å². The van der Waals surface area contributed by atoms with Crippen molar-refractivity contribution < 1.29 is 23.9 Å². The zero-order valence-corrected chi connectivity index (χ0v) is 25.7. The molecule has 9 nitrogen and oxygen atoms in total. The van der Waals surface area contributed by atoms with Crippen LogP contribution in [-0.4, -0.2) is 41.2 Å². The van der Waals surface area contributed by atoms with E-state index >= 15 is 0 Å². The minimum Gasteiger partial charge on any atom is -0.457 e. The number of ether oxygens (including phenoxy) is 2. The largest absolute Gasteiger partial charge is 0.457 e. The smallest absolute Gasteiger partial charge is 0.408 e. The molecule has 1 aliphatic rings. The highest BCUT2D eigenvalue weighted by Crippen LogP contribution is 2.24. The Kier molecular flexibility index (Phi) is 11.3. The third kappa shape index (κ3) is 10.9. The van der Waals surface area contributed by atoms with E-state index in [0.717, 1.165) is 35.9 Å². The third-order valence-corrected chi connectivity index (χ3v) is 7.42. The molecule has 0 saturated carbocycles. The fourth-order valence-corrected chi connectivity index (χ4v) is 5.14. The Balaban J connectivity index is 1.26. The molecule has 0 aliphatic heterocycles. The van der Waals surface area contributed by atoms with Crippen LogP contribution >= 0.6 is 11.8 Å². The molecule has 3 aromatic rings. The monoisotopic (exact) mass is 604 g/mol. The fraction of sp³-hybridized carbons (Fsp3) is 0.364. The normalized spacial score (nSPS) is 13.2. The van der Waals surface area contributed by atoms with E-state index in [4.69, 9.17) is 9.47 Å². The van der Waals surface area contributed by atoms with Gasteiger partial charge in [-0.25, -0.2) is 4.79 Å². The first-order valence-corrected chi connectivity index (χ1v) is 15.5. The Morgan fingerprint density at radius 2 is 1.56 bits per heavy atom. The molecular formula is C33H40N4O5S. The second-order valence-electron chi connectivity index (χ2n) is 11.3. The molecule has 0 bridgehead atoms. The summed E-state index contributed by atoms with van der Waals surface area (Å²) in [7, 11) is 0. The first kappa shape index (κ1) is 31.7. The van der Waals surface area contributed by atoms with E-state index in [1.165, 1.54) is 24.0 Å². The number of carbonyl (C=O) groups excluding carboxylic acids is 3. The van der Waals surface area contributed by atoms with E-state index in [1.54, 1.807) is 32.9 Å². The number of amides is 3. The zero-order valence-electron chi connectivity index (χ0n) is 24.9. The third-order valence-electron chi connectivity index (χ3n) is 6.65. The van der Waals surface area contributed by atoms with Crippen molar-refractivity contribution in [1.82, 2.24) is 16.2 Å². The Bertz CT molecular complexity index is 1380. The quantitative estimate of drug-likeness (QED) is 0.157. The lowest BCUT2D eigenvalue weighted by atomic mass is 9.91. The van der Waals surface area contributed by atoms with Crippen molar-refractivity contribution in [2.45, 2.75) is 64.5 Å². The van der Waals surface area contributed by atoms with Crippen LogP contribution in [0, 0.1) is 0 Å². The van der Waals surface area contributed by atoms with Gasteiger partial charge in [-0.2, -0.15) is 0 Å². The van der Waals surface area contributed by atoms with Crippen LogP contribution in [0.25, 0.3) is 0 Å². The lowest BCUT2D eigenvalue weighted by Gasteiger charge is -2.23. The van der Waals surface area contributed by atoms with E-state index in [1.807, 2.05) is 42.5 Å². The van der Waals surface area contributed by atoms with Gasteiger partial charge < -0.3 is 20.1 Å². The van der Waals surface area contributed by atoms with Crippen molar-refractivity contribution in [3.05, 3.63) is 89.5 Å². The van der Waals surface area contributed by atoms with Crippen LogP contribution in [0.15, 0.2) is 72.8 Å². The van der Waals surface area contributed by atoms with Crippen molar-refractivity contribution in [3.63, 3.8) is 0 Å². The number of benzene rings is 3. The SMILES string of the molecule is CC(C)(C)OC(=O)N[C@@H](Cc1ccc(Oc2ccccc2)cc1)C(=O)NNC(=O)SCCNc1ccc2c(c1)CCCC2. The molecule has 0 aromatic heterocycles. The average molecular weight is 605 g/mol. The van der Waals surface area contributed by atoms with Crippen molar-refractivity contribution in [2.24, 2.45) is 0 Å². The second kappa shape index (κ2) is 15.3. The number of thioether (sulfide) groups is 1. The second-order valence-corrected chi connectivity index (χ2v) is 12.4. The highest BCUT2D eigenvalue weighted by atomic mass is 32.2. The van der Waals surface area contributed by atoms with Crippen molar-refractivity contribution in [3.8, 4) is 11.5 Å². The number of hydrogen-bond acceptors (Lipinski definition) is 7. The molecule has 10 heteroatoms. The number of nitrogens with one attached hydrogen (secondary N) is 4. The number of hydrogen-bond donors (Lipinski definition) is 4. The lowest BCUT2D eigenvalue weighted by Crippen LogP contribution is -2.53. The molecule has 0 radical (unpaired) electrons. The van der Waals surface area contributed by atoms with Crippen LogP contribution in [0.3, 0.4) is 0 Å². The lowest BCUT2D eigenvalue weighted by molar-refractivity contribution is -0.123. The molecule has 4 N–H and O–H groups in total. The van der Waals surface area contributed by atoms with Crippen molar-refractivity contribution >= 4 is 34.7 Å². The van der Waals surface area contributed by atoms with Crippen LogP contribution in [-0.2, 0) is 28.8 Å². The van der Waals surface area contributed by atoms with Gasteiger partial charge in [0.1, 0.15) is 23.1 Å². The highest BCUT2D eigenvalue weighted by Gasteiger charge is 2.25. The number of alkyl carbamates (subject to hydrolysis) is 1. The topological polar surface area (TPSA) is 118 Å². The van der Waals surface area contributed by atoms with Gasteiger partial charge in [-0.3, -0.25) is 20.4 Å². The summed E-state index contributed by atoms with van der Waals surface area (Å²) >= 11 is 1.05. The van der Waals surface area contributed by atoms with E-state index in [2.05, 4.69) is 39.7 Å². The summed E-state index contributed by atoms with van der Waals surface area (Å²) in [5.41, 5.74) is 8.78. The summed E-state index contributed by atoms with van der Waals surface area (Å²) in [5.74, 6) is 1.29. The standard InChI is InChI=1S/C33H40N4O5S/c1-33(2,3)42-31(39)35-29(21-23-13-17-28(18-14-23)41-27-11-5-4-6-12-27)30(38)36-37-32(40)43-20-19-34-26-16-15-24-9-7-8-10-25(24)22-26/h4-6,11-18,22,29,34H,7-10,19-21H2,1-3H3,(H,35,39)(H,36,38)(H,37,40)/t29-/m0/s1. The van der Waals surface area contributed by atoms with E-state index in [0.29, 0.717) is 23.8 Å². The molecule has 3 aromatic carbocycles. The molecule has 43 heavy (non-hydrogen) atoms. The molecule has 0 fully saturated rings. The molecule has 0 saturated heterocycles. The maximum atomic E-state index is 13.1. The molecular weight excluding hydrogens is 564 g/mol. The maximum absolute atomic E-state index is 13.1. The minimum atomic E-state index is -0.994. The summed E-state index contributed by atoms with van der Waals surface area (Å²) in [6.45, 7) is 5.82. The van der Waals surface area contributed by atoms with Gasteiger partial charge >= 0.3 is 6.09 Å². The molecule has 0 unspecified atom stereocenters. The first-order chi connectivity index (χ1) is 20.6. The summed E-state index contributed by atoms with van der Waals surface area (Å²) in [6.07, 6.45) is 4.16. The van der Waals surface area contributed by atoms with E-state index < -0.39 is 28.9 Å². The van der Waals surface area contributed by atoms with Gasteiger partial charge in [0, 0.05) is 24.4 Å². The predicted molar refractivity (Wildman–Crippen MR) is 171 cm³/mol. The summed E-state index contributed by atoms with van der Waals surface area (Å²) in [5, 5.41) is 5.58. The van der Waals surface area contributed by atoms with Gasteiger partial charge in [0.2, 0.25) is 0 Å². The van der Waals surface area contributed by atoms with Gasteiger partial charge in [0.15, 0.2) is 0 Å². The highest BCUT2D eigenvalue weighted by molar-refractivity contribution is 8.13. The number of rotatable bonds is 10. The van der Waals surface area contributed by atoms with Gasteiger partial charge in [0.25, 0.3) is 11.1 Å². The fourth-order valence-electron chi connectivity index (χ4n) is 4.63. The molecule has 3 amide bonds. The first-order valence-electron chi connectivity index (χ1n) is 14.5. The summed E-state index contributed by atoms with van der Waals surface area (Å²) in [4.78, 5) is 38.0. The zero-order chi connectivity index (χ0) is 30.7. The molecule has 1 aliphatic carbocycles. The van der Waals surface area contributed by atoms with Crippen LogP contribution in [0.4, 0.5) is 15.3 Å². The van der Waals surface area contributed by atoms with Crippen molar-refractivity contribution in [1.29, 1.82) is 0 Å². The summed E-state index contributed by atoms with van der Waals surface area (Å²) < 4.78 is 11.2. The van der Waals surface area contributed by atoms with Crippen LogP contribution in [0.2, 0.25) is 0 Å². The average Bonchev–Trinajstić information content (AvgIpc) is 2.98. The molecule has 1 atom stereocenters. The van der Waals surface area contributed by atoms with Gasteiger partial charge in [0.05, 0.1) is 0 Å². The Morgan fingerprint density at radius 1 is 0.860 bits per heavy atom.